The molecule has 0 radical (unpaired) electrons. The van der Waals surface area contributed by atoms with Gasteiger partial charge in [0.25, 0.3) is 0 Å². The van der Waals surface area contributed by atoms with Crippen molar-refractivity contribution >= 4 is 5.95 Å². The third kappa shape index (κ3) is 3.04. The average molecular weight is 282 g/mol. The molecule has 7 heteroatoms. The van der Waals surface area contributed by atoms with Crippen LogP contribution in [0.2, 0.25) is 0 Å². The monoisotopic (exact) mass is 282 g/mol. The highest BCUT2D eigenvalue weighted by Gasteiger charge is 2.12. The first-order valence-corrected chi connectivity index (χ1v) is 6.38. The molecule has 2 rings (SSSR count). The van der Waals surface area contributed by atoms with E-state index in [1.165, 1.54) is 12.1 Å². The fourth-order valence-electron chi connectivity index (χ4n) is 1.89. The minimum atomic E-state index is -2.82. The summed E-state index contributed by atoms with van der Waals surface area (Å²) in [5.74, 6) is 1.50. The van der Waals surface area contributed by atoms with E-state index < -0.39 is 6.61 Å². The molecule has 1 aromatic heterocycles. The summed E-state index contributed by atoms with van der Waals surface area (Å²) in [6.45, 7) is 2.60. The van der Waals surface area contributed by atoms with Gasteiger partial charge in [-0.2, -0.15) is 8.78 Å². The highest BCUT2D eigenvalue weighted by Crippen LogP contribution is 2.23. The van der Waals surface area contributed by atoms with E-state index in [0.29, 0.717) is 18.3 Å². The summed E-state index contributed by atoms with van der Waals surface area (Å²) in [5, 5.41) is 11.3. The van der Waals surface area contributed by atoms with Gasteiger partial charge in [0, 0.05) is 18.7 Å². The van der Waals surface area contributed by atoms with Crippen LogP contribution in [0, 0.1) is 0 Å². The van der Waals surface area contributed by atoms with Crippen LogP contribution in [0.1, 0.15) is 13.8 Å². The van der Waals surface area contributed by atoms with E-state index >= 15 is 0 Å². The molecule has 0 saturated heterocycles. The van der Waals surface area contributed by atoms with Crippen LogP contribution in [0.15, 0.2) is 24.3 Å². The molecule has 0 spiro atoms. The van der Waals surface area contributed by atoms with E-state index in [0.717, 1.165) is 12.1 Å². The van der Waals surface area contributed by atoms with Crippen LogP contribution in [0.25, 0.3) is 11.4 Å². The minimum absolute atomic E-state index is 0.123. The Morgan fingerprint density at radius 1 is 1.20 bits per heavy atom. The SMILES string of the molecule is CCNc1nnc(-c2ccc(OC(F)F)cc2)n1CC. The van der Waals surface area contributed by atoms with Crippen molar-refractivity contribution in [2.24, 2.45) is 0 Å². The summed E-state index contributed by atoms with van der Waals surface area (Å²) < 4.78 is 30.4. The smallest absolute Gasteiger partial charge is 0.387 e. The van der Waals surface area contributed by atoms with Gasteiger partial charge in [0.05, 0.1) is 0 Å². The van der Waals surface area contributed by atoms with Crippen LogP contribution in [-0.4, -0.2) is 27.9 Å². The van der Waals surface area contributed by atoms with Crippen LogP contribution in [0.3, 0.4) is 0 Å². The number of hydrogen-bond donors (Lipinski definition) is 1. The molecule has 0 saturated carbocycles. The summed E-state index contributed by atoms with van der Waals surface area (Å²) in [6, 6.07) is 6.35. The van der Waals surface area contributed by atoms with E-state index in [-0.39, 0.29) is 5.75 Å². The van der Waals surface area contributed by atoms with Crippen molar-refractivity contribution in [1.29, 1.82) is 0 Å². The first-order chi connectivity index (χ1) is 9.65. The van der Waals surface area contributed by atoms with Crippen molar-refractivity contribution in [2.75, 3.05) is 11.9 Å². The number of aromatic nitrogens is 3. The van der Waals surface area contributed by atoms with Gasteiger partial charge in [-0.25, -0.2) is 0 Å². The Balaban J connectivity index is 2.27. The molecule has 1 N–H and O–H groups in total. The first kappa shape index (κ1) is 14.2. The van der Waals surface area contributed by atoms with Gasteiger partial charge in [0.15, 0.2) is 5.82 Å². The topological polar surface area (TPSA) is 52.0 Å². The van der Waals surface area contributed by atoms with E-state index in [9.17, 15) is 8.78 Å². The molecule has 0 aliphatic heterocycles. The molecule has 0 atom stereocenters. The number of hydrogen-bond acceptors (Lipinski definition) is 4. The largest absolute Gasteiger partial charge is 0.435 e. The number of ether oxygens (including phenoxy) is 1. The average Bonchev–Trinajstić information content (AvgIpc) is 2.82. The van der Waals surface area contributed by atoms with Gasteiger partial charge < -0.3 is 10.1 Å². The molecule has 0 fully saturated rings. The minimum Gasteiger partial charge on any atom is -0.435 e. The highest BCUT2D eigenvalue weighted by molar-refractivity contribution is 5.58. The normalized spacial score (nSPS) is 10.8. The van der Waals surface area contributed by atoms with E-state index in [2.05, 4.69) is 20.3 Å². The standard InChI is InChI=1S/C13H16F2N4O/c1-3-16-13-18-17-11(19(13)4-2)9-5-7-10(8-6-9)20-12(14)15/h5-8,12H,3-4H2,1-2H3,(H,16,18). The number of nitrogens with one attached hydrogen (secondary N) is 1. The zero-order valence-corrected chi connectivity index (χ0v) is 11.3. The number of benzene rings is 1. The molecule has 2 aromatic rings. The lowest BCUT2D eigenvalue weighted by Crippen LogP contribution is -2.07. The Morgan fingerprint density at radius 2 is 1.90 bits per heavy atom. The summed E-state index contributed by atoms with van der Waals surface area (Å²) >= 11 is 0. The molecule has 5 nitrogen and oxygen atoms in total. The maximum Gasteiger partial charge on any atom is 0.387 e. The zero-order chi connectivity index (χ0) is 14.5. The van der Waals surface area contributed by atoms with Crippen molar-refractivity contribution in [1.82, 2.24) is 14.8 Å². The summed E-state index contributed by atoms with van der Waals surface area (Å²) in [4.78, 5) is 0. The van der Waals surface area contributed by atoms with Crippen LogP contribution in [0.4, 0.5) is 14.7 Å². The number of nitrogens with zero attached hydrogens (tertiary/aromatic N) is 3. The number of rotatable bonds is 6. The Morgan fingerprint density at radius 3 is 2.45 bits per heavy atom. The third-order valence-corrected chi connectivity index (χ3v) is 2.74. The molecule has 0 aliphatic rings. The van der Waals surface area contributed by atoms with E-state index in [4.69, 9.17) is 0 Å². The lowest BCUT2D eigenvalue weighted by atomic mass is 10.2. The molecular weight excluding hydrogens is 266 g/mol. The van der Waals surface area contributed by atoms with Gasteiger partial charge in [0.1, 0.15) is 5.75 Å². The van der Waals surface area contributed by atoms with E-state index in [1.54, 1.807) is 12.1 Å². The summed E-state index contributed by atoms with van der Waals surface area (Å²) in [7, 11) is 0. The van der Waals surface area contributed by atoms with Crippen LogP contribution in [-0.2, 0) is 6.54 Å². The molecule has 1 aromatic carbocycles. The van der Waals surface area contributed by atoms with Crippen molar-refractivity contribution in [3.63, 3.8) is 0 Å². The maximum absolute atomic E-state index is 12.1. The summed E-state index contributed by atoms with van der Waals surface area (Å²) in [6.07, 6.45) is 0. The lowest BCUT2D eigenvalue weighted by Gasteiger charge is -2.09. The van der Waals surface area contributed by atoms with Crippen LogP contribution in [0.5, 0.6) is 5.75 Å². The van der Waals surface area contributed by atoms with Gasteiger partial charge in [-0.15, -0.1) is 10.2 Å². The van der Waals surface area contributed by atoms with Crippen LogP contribution < -0.4 is 10.1 Å². The molecular formula is C13H16F2N4O. The second-order valence-electron chi connectivity index (χ2n) is 4.02. The molecule has 108 valence electrons. The number of alkyl halides is 2. The fraction of sp³-hybridized carbons (Fsp3) is 0.385. The third-order valence-electron chi connectivity index (χ3n) is 2.74. The quantitative estimate of drug-likeness (QED) is 0.885. The number of anilines is 1. The van der Waals surface area contributed by atoms with Gasteiger partial charge in [-0.3, -0.25) is 4.57 Å². The predicted octanol–water partition coefficient (Wildman–Crippen LogP) is 3.00. The van der Waals surface area contributed by atoms with Crippen molar-refractivity contribution in [2.45, 2.75) is 27.0 Å². The van der Waals surface area contributed by atoms with Crippen molar-refractivity contribution in [3.8, 4) is 17.1 Å². The number of halogens is 2. The van der Waals surface area contributed by atoms with Crippen molar-refractivity contribution < 1.29 is 13.5 Å². The fourth-order valence-corrected chi connectivity index (χ4v) is 1.89. The van der Waals surface area contributed by atoms with E-state index in [1.807, 2.05) is 18.4 Å². The maximum atomic E-state index is 12.1. The molecule has 0 aliphatic carbocycles. The van der Waals surface area contributed by atoms with Gasteiger partial charge >= 0.3 is 6.61 Å². The van der Waals surface area contributed by atoms with Crippen molar-refractivity contribution in [3.05, 3.63) is 24.3 Å². The first-order valence-electron chi connectivity index (χ1n) is 6.38. The molecule has 1 heterocycles. The molecule has 0 unspecified atom stereocenters. The van der Waals surface area contributed by atoms with Gasteiger partial charge in [-0.1, -0.05) is 0 Å². The summed E-state index contributed by atoms with van der Waals surface area (Å²) in [5.41, 5.74) is 0.796. The Bertz CT molecular complexity index is 554. The van der Waals surface area contributed by atoms with Gasteiger partial charge in [-0.05, 0) is 38.1 Å². The molecule has 0 amide bonds. The Kier molecular flexibility index (Phi) is 4.49. The second-order valence-corrected chi connectivity index (χ2v) is 4.02. The van der Waals surface area contributed by atoms with Gasteiger partial charge in [0.2, 0.25) is 5.95 Å². The highest BCUT2D eigenvalue weighted by atomic mass is 19.3. The second kappa shape index (κ2) is 6.31. The van der Waals surface area contributed by atoms with Crippen LogP contribution >= 0.6 is 0 Å². The lowest BCUT2D eigenvalue weighted by molar-refractivity contribution is -0.0498. The molecule has 20 heavy (non-hydrogen) atoms. The Hall–Kier alpha value is -2.18. The zero-order valence-electron chi connectivity index (χ0n) is 11.3. The predicted molar refractivity (Wildman–Crippen MR) is 71.9 cm³/mol. The molecule has 0 bridgehead atoms. The Labute approximate surface area is 115 Å².